The summed E-state index contributed by atoms with van der Waals surface area (Å²) in [7, 11) is 0. The van der Waals surface area contributed by atoms with Crippen molar-refractivity contribution in [2.45, 2.75) is 13.8 Å². The van der Waals surface area contributed by atoms with E-state index < -0.39 is 0 Å². The van der Waals surface area contributed by atoms with Crippen LogP contribution in [0.25, 0.3) is 16.7 Å². The summed E-state index contributed by atoms with van der Waals surface area (Å²) in [5.74, 6) is 146. The first-order chi connectivity index (χ1) is 36.8. The molecule has 3 aromatic rings. The van der Waals surface area contributed by atoms with Crippen molar-refractivity contribution in [1.29, 1.82) is 0 Å². The molecule has 0 saturated carbocycles. The first kappa shape index (κ1) is 55.3. The second-order valence-electron chi connectivity index (χ2n) is 10.6. The molecule has 0 spiro atoms. The van der Waals surface area contributed by atoms with Crippen LogP contribution in [-0.2, 0) is 0 Å². The molecule has 0 amide bonds. The quantitative estimate of drug-likeness (QED) is 0.383. The number of nitrogens with zero attached hydrogens (tertiary/aromatic N) is 3. The Morgan fingerprint density at radius 1 is 0.311 bits per heavy atom. The Balaban J connectivity index is 0.00000112. The number of rotatable bonds is 1. The van der Waals surface area contributed by atoms with Gasteiger partial charge in [0.25, 0.3) is 0 Å². The third-order valence-electron chi connectivity index (χ3n) is 5.89. The van der Waals surface area contributed by atoms with Gasteiger partial charge in [-0.15, -0.1) is 0 Å². The molecule has 4 nitrogen and oxygen atoms in total. The van der Waals surface area contributed by atoms with Crippen LogP contribution in [-0.4, -0.2) is 19.5 Å². The van der Waals surface area contributed by atoms with E-state index >= 15 is 0 Å². The second-order valence-corrected chi connectivity index (χ2v) is 10.6. The fourth-order valence-corrected chi connectivity index (χ4v) is 3.31. The van der Waals surface area contributed by atoms with Crippen molar-refractivity contribution in [2.24, 2.45) is 0 Å². The molecular weight excluding hydrogens is 897 g/mol. The van der Waals surface area contributed by atoms with Crippen LogP contribution in [0.3, 0.4) is 0 Å². The van der Waals surface area contributed by atoms with Crippen LogP contribution < -0.4 is 0 Å². The van der Waals surface area contributed by atoms with Crippen LogP contribution in [0.2, 0.25) is 0 Å². The van der Waals surface area contributed by atoms with Crippen molar-refractivity contribution in [2.75, 3.05) is 0 Å². The van der Waals surface area contributed by atoms with E-state index in [0.29, 0.717) is 0 Å². The van der Waals surface area contributed by atoms with Gasteiger partial charge in [-0.1, -0.05) is 11.8 Å². The first-order valence-corrected chi connectivity index (χ1v) is 19.6. The maximum absolute atomic E-state index is 4.16. The van der Waals surface area contributed by atoms with Crippen molar-refractivity contribution in [1.82, 2.24) is 19.5 Å². The Hall–Kier alpha value is -14.9. The minimum atomic E-state index is 0.980. The summed E-state index contributed by atoms with van der Waals surface area (Å²) < 4.78 is 1.96. The molecule has 0 unspecified atom stereocenters. The molecular formula is C70H14N4. The largest absolute Gasteiger partial charge is 0.345 e. The maximum atomic E-state index is 4.16. The van der Waals surface area contributed by atoms with Gasteiger partial charge >= 0.3 is 0 Å². The van der Waals surface area contributed by atoms with Gasteiger partial charge in [0.1, 0.15) is 0 Å². The molecule has 0 radical (unpaired) electrons. The molecule has 314 valence electrons. The van der Waals surface area contributed by atoms with Gasteiger partial charge in [-0.2, -0.15) is 0 Å². The highest BCUT2D eigenvalue weighted by molar-refractivity contribution is 5.76. The van der Waals surface area contributed by atoms with E-state index in [-0.39, 0.29) is 0 Å². The van der Waals surface area contributed by atoms with Crippen molar-refractivity contribution in [3.63, 3.8) is 0 Å². The normalized spacial score (nSPS) is 5.27. The van der Waals surface area contributed by atoms with Crippen molar-refractivity contribution >= 4 is 11.0 Å². The lowest BCUT2D eigenvalue weighted by Gasteiger charge is -2.00. The fourth-order valence-electron chi connectivity index (χ4n) is 3.31. The molecule has 0 atom stereocenters. The van der Waals surface area contributed by atoms with Gasteiger partial charge in [-0.3, -0.25) is 0 Å². The lowest BCUT2D eigenvalue weighted by Crippen LogP contribution is -1.88. The molecule has 1 aromatic carbocycles. The minimum Gasteiger partial charge on any atom is -0.345 e. The Morgan fingerprint density at radius 2 is 0.541 bits per heavy atom. The summed E-state index contributed by atoms with van der Waals surface area (Å²) in [6, 6.07) is 6.05. The third kappa shape index (κ3) is 34.6. The van der Waals surface area contributed by atoms with Crippen LogP contribution >= 0.6 is 0 Å². The summed E-state index contributed by atoms with van der Waals surface area (Å²) in [4.78, 5) is 11.2. The zero-order valence-electron chi connectivity index (χ0n) is 38.4. The average Bonchev–Trinajstić information content (AvgIpc) is 4.15. The lowest BCUT2D eigenvalue weighted by molar-refractivity contribution is 1.06. The molecule has 0 aliphatic carbocycles. The number of imidazole rings is 2. The molecule has 0 aliphatic rings. The highest BCUT2D eigenvalue weighted by atomic mass is 15.0. The Morgan fingerprint density at radius 3 is 0.743 bits per heavy atom. The SMILES string of the molecule is CC#CC#CC#CC#CC#CC#CC#CC#CC#CC#CC#CC#CC#CC#CC#CC#CC#CC#CC#CC#CC#CC#CC#CC#CC#CC#CC#CC#CC#CC.c1cn(-c2ccc3nc[nH]c3c2)cn1. The molecule has 0 aliphatic heterocycles. The summed E-state index contributed by atoms with van der Waals surface area (Å²) >= 11 is 0. The monoisotopic (exact) mass is 910 g/mol. The predicted octanol–water partition coefficient (Wildman–Crippen LogP) is 2.87. The number of H-pyrrole nitrogens is 1. The van der Waals surface area contributed by atoms with E-state index in [4.69, 9.17) is 0 Å². The Labute approximate surface area is 434 Å². The first-order valence-electron chi connectivity index (χ1n) is 19.6. The van der Waals surface area contributed by atoms with E-state index in [1.165, 1.54) is 0 Å². The van der Waals surface area contributed by atoms with Crippen LogP contribution in [0.4, 0.5) is 0 Å². The maximum Gasteiger partial charge on any atom is 0.0991 e. The molecule has 0 saturated heterocycles. The summed E-state index contributed by atoms with van der Waals surface area (Å²) in [5, 5.41) is 0. The molecule has 1 N–H and O–H groups in total. The smallest absolute Gasteiger partial charge is 0.0991 e. The van der Waals surface area contributed by atoms with Gasteiger partial charge in [-0.25, -0.2) is 9.97 Å². The van der Waals surface area contributed by atoms with E-state index in [0.717, 1.165) is 16.7 Å². The molecule has 74 heavy (non-hydrogen) atoms. The molecule has 3 rings (SSSR count). The number of nitrogens with one attached hydrogen (secondary N) is 1. The molecule has 0 fully saturated rings. The predicted molar refractivity (Wildman–Crippen MR) is 290 cm³/mol. The molecule has 0 bridgehead atoms. The van der Waals surface area contributed by atoms with Crippen molar-refractivity contribution in [3.05, 3.63) is 43.2 Å². The van der Waals surface area contributed by atoms with E-state index in [1.54, 1.807) is 32.7 Å². The number of fused-ring (bicyclic) bond motifs is 1. The Kier molecular flexibility index (Phi) is 33.4. The highest BCUT2D eigenvalue weighted by Gasteiger charge is 1.99. The third-order valence-corrected chi connectivity index (χ3v) is 5.89. The molecule has 4 heteroatoms. The van der Waals surface area contributed by atoms with Crippen LogP contribution in [0, 0.1) is 343 Å². The van der Waals surface area contributed by atoms with Gasteiger partial charge in [0.05, 0.1) is 23.7 Å². The number of aromatic amines is 1. The number of aromatic nitrogens is 4. The number of benzene rings is 1. The average molecular weight is 911 g/mol. The van der Waals surface area contributed by atoms with Crippen LogP contribution in [0.15, 0.2) is 43.2 Å². The Bertz CT molecular complexity index is 4490. The van der Waals surface area contributed by atoms with Gasteiger partial charge in [0.15, 0.2) is 0 Å². The zero-order valence-corrected chi connectivity index (χ0v) is 38.4. The molecule has 2 aromatic heterocycles. The summed E-state index contributed by atoms with van der Waals surface area (Å²) in [5.41, 5.74) is 3.10. The zero-order chi connectivity index (χ0) is 52.4. The lowest BCUT2D eigenvalue weighted by atomic mass is 10.3. The topological polar surface area (TPSA) is 46.5 Å². The van der Waals surface area contributed by atoms with Gasteiger partial charge in [0.2, 0.25) is 0 Å². The summed E-state index contributed by atoms with van der Waals surface area (Å²) in [6.07, 6.45) is 7.15. The van der Waals surface area contributed by atoms with Crippen LogP contribution in [0.5, 0.6) is 0 Å². The van der Waals surface area contributed by atoms with Crippen molar-refractivity contribution in [3.8, 4) is 349 Å². The van der Waals surface area contributed by atoms with Crippen LogP contribution in [0.1, 0.15) is 13.8 Å². The number of hydrogen-bond acceptors (Lipinski definition) is 2. The fraction of sp³-hybridized carbons (Fsp3) is 0.0286. The second kappa shape index (κ2) is 44.7. The van der Waals surface area contributed by atoms with E-state index in [2.05, 4.69) is 358 Å². The number of hydrogen-bond donors (Lipinski definition) is 1. The van der Waals surface area contributed by atoms with Gasteiger partial charge in [0, 0.05) is 255 Å². The summed E-state index contributed by atoms with van der Waals surface area (Å²) in [6.45, 7) is 3.37. The highest BCUT2D eigenvalue weighted by Crippen LogP contribution is 2.14. The van der Waals surface area contributed by atoms with Crippen molar-refractivity contribution < 1.29 is 0 Å². The molecule has 2 heterocycles. The standard InChI is InChI=1S/C60H6.C10H8N4/c1-3-5-7-9-11-13-15-17-19-21-23-25-27-29-31-33-35-37-39-41-43-45-47-49-51-53-55-57-59-60-58-56-54-52-50-48-46-44-42-40-38-36-34-32-30-28-26-24-22-20-18-16-14-12-10-8-6-4-2;1-2-9-10(13-6-12-9)5-8(1)14-4-3-11-7-14/h1-2H3;1-7H,(H,12,13). The van der Waals surface area contributed by atoms with E-state index in [9.17, 15) is 0 Å². The van der Waals surface area contributed by atoms with E-state index in [1.807, 2.05) is 29.0 Å². The van der Waals surface area contributed by atoms with Gasteiger partial charge in [-0.05, 0) is 127 Å². The minimum absolute atomic E-state index is 0.980. The van der Waals surface area contributed by atoms with Gasteiger partial charge < -0.3 is 9.55 Å².